The van der Waals surface area contributed by atoms with E-state index < -0.39 is 18.0 Å². The van der Waals surface area contributed by atoms with Gasteiger partial charge in [0.05, 0.1) is 5.92 Å². The molecule has 186 valence electrons. The third kappa shape index (κ3) is 5.34. The molecule has 0 bridgehead atoms. The fourth-order valence-electron chi connectivity index (χ4n) is 5.44. The van der Waals surface area contributed by atoms with E-state index in [0.717, 1.165) is 0 Å². The Balaban J connectivity index is 1.21. The second-order valence-electron chi connectivity index (χ2n) is 9.65. The van der Waals surface area contributed by atoms with Crippen molar-refractivity contribution in [3.63, 3.8) is 0 Å². The molecular formula is C28H34N2O5. The number of carbonyl (C=O) groups is 3. The monoisotopic (exact) mass is 478 g/mol. The van der Waals surface area contributed by atoms with Gasteiger partial charge in [0.1, 0.15) is 6.61 Å². The van der Waals surface area contributed by atoms with E-state index in [1.54, 1.807) is 4.90 Å². The lowest BCUT2D eigenvalue weighted by Gasteiger charge is -2.38. The van der Waals surface area contributed by atoms with E-state index in [1.165, 1.54) is 22.3 Å². The van der Waals surface area contributed by atoms with Gasteiger partial charge >= 0.3 is 12.1 Å². The summed E-state index contributed by atoms with van der Waals surface area (Å²) in [5, 5.41) is 12.2. The van der Waals surface area contributed by atoms with Gasteiger partial charge in [0.25, 0.3) is 0 Å². The van der Waals surface area contributed by atoms with Crippen molar-refractivity contribution in [2.75, 3.05) is 19.7 Å². The van der Waals surface area contributed by atoms with Gasteiger partial charge in [0.2, 0.25) is 5.91 Å². The Hall–Kier alpha value is -3.35. The van der Waals surface area contributed by atoms with Crippen LogP contribution in [0.3, 0.4) is 0 Å². The molecule has 1 unspecified atom stereocenters. The first-order valence-electron chi connectivity index (χ1n) is 12.5. The maximum Gasteiger partial charge on any atom is 0.407 e. The maximum absolute atomic E-state index is 12.9. The lowest BCUT2D eigenvalue weighted by atomic mass is 9.89. The summed E-state index contributed by atoms with van der Waals surface area (Å²) in [5.41, 5.74) is 4.72. The third-order valence-corrected chi connectivity index (χ3v) is 7.44. The van der Waals surface area contributed by atoms with Crippen LogP contribution < -0.4 is 5.32 Å². The summed E-state index contributed by atoms with van der Waals surface area (Å²) in [6, 6.07) is 16.1. The smallest absolute Gasteiger partial charge is 0.407 e. The van der Waals surface area contributed by atoms with Gasteiger partial charge in [-0.25, -0.2) is 4.79 Å². The number of nitrogens with one attached hydrogen (secondary N) is 1. The maximum atomic E-state index is 12.9. The van der Waals surface area contributed by atoms with E-state index in [4.69, 9.17) is 4.74 Å². The van der Waals surface area contributed by atoms with Gasteiger partial charge in [0.15, 0.2) is 0 Å². The minimum absolute atomic E-state index is 0.00964. The van der Waals surface area contributed by atoms with Crippen molar-refractivity contribution in [3.05, 3.63) is 59.7 Å². The van der Waals surface area contributed by atoms with Crippen LogP contribution in [0.25, 0.3) is 11.1 Å². The summed E-state index contributed by atoms with van der Waals surface area (Å²) < 4.78 is 5.56. The molecule has 1 fully saturated rings. The van der Waals surface area contributed by atoms with Gasteiger partial charge in [-0.3, -0.25) is 9.59 Å². The van der Waals surface area contributed by atoms with Crippen LogP contribution in [0.2, 0.25) is 0 Å². The fraction of sp³-hybridized carbons (Fsp3) is 0.464. The van der Waals surface area contributed by atoms with Crippen LogP contribution in [-0.2, 0) is 14.3 Å². The number of fused-ring (bicyclic) bond motifs is 3. The summed E-state index contributed by atoms with van der Waals surface area (Å²) >= 11 is 0. The second-order valence-corrected chi connectivity index (χ2v) is 9.65. The number of carboxylic acid groups (broad SMARTS) is 1. The highest BCUT2D eigenvalue weighted by Gasteiger charge is 2.36. The molecule has 0 aromatic heterocycles. The number of amides is 2. The normalized spacial score (nSPS) is 20.0. The first-order valence-corrected chi connectivity index (χ1v) is 12.5. The zero-order chi connectivity index (χ0) is 24.9. The Labute approximate surface area is 206 Å². The van der Waals surface area contributed by atoms with Gasteiger partial charge in [-0.05, 0) is 54.9 Å². The van der Waals surface area contributed by atoms with E-state index in [0.29, 0.717) is 38.8 Å². The molecule has 0 radical (unpaired) electrons. The highest BCUT2D eigenvalue weighted by atomic mass is 16.5. The van der Waals surface area contributed by atoms with Gasteiger partial charge in [-0.1, -0.05) is 55.5 Å². The Morgan fingerprint density at radius 1 is 1.09 bits per heavy atom. The topological polar surface area (TPSA) is 95.9 Å². The van der Waals surface area contributed by atoms with Crippen molar-refractivity contribution >= 4 is 18.0 Å². The van der Waals surface area contributed by atoms with Gasteiger partial charge in [-0.15, -0.1) is 0 Å². The first kappa shape index (κ1) is 24.8. The van der Waals surface area contributed by atoms with E-state index in [9.17, 15) is 19.5 Å². The van der Waals surface area contributed by atoms with Gasteiger partial charge in [0, 0.05) is 31.0 Å². The fourth-order valence-corrected chi connectivity index (χ4v) is 5.44. The molecule has 3 atom stereocenters. The summed E-state index contributed by atoms with van der Waals surface area (Å²) in [4.78, 5) is 38.4. The van der Waals surface area contributed by atoms with E-state index in [-0.39, 0.29) is 30.4 Å². The number of likely N-dealkylation sites (tertiary alicyclic amines) is 1. The number of piperidine rings is 1. The van der Waals surface area contributed by atoms with Crippen molar-refractivity contribution in [2.24, 2.45) is 11.8 Å². The van der Waals surface area contributed by atoms with E-state index in [1.807, 2.05) is 38.1 Å². The minimum atomic E-state index is -0.838. The predicted molar refractivity (Wildman–Crippen MR) is 133 cm³/mol. The van der Waals surface area contributed by atoms with Crippen LogP contribution >= 0.6 is 0 Å². The van der Waals surface area contributed by atoms with Crippen molar-refractivity contribution < 1.29 is 24.2 Å². The molecule has 1 aliphatic heterocycles. The average molecular weight is 479 g/mol. The molecule has 2 aromatic carbocycles. The lowest BCUT2D eigenvalue weighted by molar-refractivity contribution is -0.150. The molecule has 2 amide bonds. The molecule has 2 aliphatic rings. The quantitative estimate of drug-likeness (QED) is 0.539. The van der Waals surface area contributed by atoms with Crippen LogP contribution in [-0.4, -0.2) is 53.7 Å². The molecule has 1 heterocycles. The predicted octanol–water partition coefficient (Wildman–Crippen LogP) is 4.65. The number of alkyl carbamates (subject to hydrolysis) is 1. The molecule has 7 heteroatoms. The van der Waals surface area contributed by atoms with Crippen molar-refractivity contribution in [3.8, 4) is 11.1 Å². The molecule has 7 nitrogen and oxygen atoms in total. The van der Waals surface area contributed by atoms with Crippen LogP contribution in [0.15, 0.2) is 48.5 Å². The molecule has 2 N–H and O–H groups in total. The van der Waals surface area contributed by atoms with Crippen molar-refractivity contribution in [2.45, 2.75) is 51.5 Å². The van der Waals surface area contributed by atoms with Crippen LogP contribution in [0, 0.1) is 11.8 Å². The summed E-state index contributed by atoms with van der Waals surface area (Å²) in [5.74, 6) is -1.56. The van der Waals surface area contributed by atoms with Crippen LogP contribution in [0.4, 0.5) is 4.79 Å². The summed E-state index contributed by atoms with van der Waals surface area (Å²) in [7, 11) is 0. The van der Waals surface area contributed by atoms with Crippen LogP contribution in [0.5, 0.6) is 0 Å². The highest BCUT2D eigenvalue weighted by Crippen LogP contribution is 2.44. The van der Waals surface area contributed by atoms with Gasteiger partial charge < -0.3 is 20.1 Å². The minimum Gasteiger partial charge on any atom is -0.481 e. The molecule has 2 aromatic rings. The number of carbonyl (C=O) groups excluding carboxylic acids is 2. The number of nitrogens with zero attached hydrogens (tertiary/aromatic N) is 1. The SMILES string of the molecule is CC(CCCNC(=O)OCC1c2ccccc2-c2ccccc21)C(=O)N1CCC[C@@H](C(=O)O)[C@H]1C. The second kappa shape index (κ2) is 10.9. The molecule has 1 saturated heterocycles. The Bertz CT molecular complexity index is 1040. The Morgan fingerprint density at radius 2 is 1.71 bits per heavy atom. The zero-order valence-corrected chi connectivity index (χ0v) is 20.4. The molecule has 1 aliphatic carbocycles. The zero-order valence-electron chi connectivity index (χ0n) is 20.4. The lowest BCUT2D eigenvalue weighted by Crippen LogP contribution is -2.50. The summed E-state index contributed by atoms with van der Waals surface area (Å²) in [6.07, 6.45) is 2.12. The molecule has 4 rings (SSSR count). The standard InChI is InChI=1S/C28H34N2O5/c1-18(26(31)30-16-8-14-20(19(30)2)27(32)33)9-7-15-29-28(34)35-17-25-23-12-5-3-10-21(23)22-11-4-6-13-24(22)25/h3-6,10-13,18-20,25H,7-9,14-17H2,1-2H3,(H,29,34)(H,32,33)/t18?,19-,20-/m1/s1. The average Bonchev–Trinajstić information content (AvgIpc) is 3.18. The third-order valence-electron chi connectivity index (χ3n) is 7.44. The first-order chi connectivity index (χ1) is 16.9. The molecule has 0 saturated carbocycles. The number of carboxylic acids is 1. The number of aliphatic carboxylic acids is 1. The van der Waals surface area contributed by atoms with E-state index in [2.05, 4.69) is 29.6 Å². The van der Waals surface area contributed by atoms with E-state index >= 15 is 0 Å². The van der Waals surface area contributed by atoms with Crippen LogP contribution in [0.1, 0.15) is 56.6 Å². The molecule has 0 spiro atoms. The highest BCUT2D eigenvalue weighted by molar-refractivity contribution is 5.81. The number of hydrogen-bond donors (Lipinski definition) is 2. The molecule has 35 heavy (non-hydrogen) atoms. The summed E-state index contributed by atoms with van der Waals surface area (Å²) in [6.45, 7) is 4.98. The molecular weight excluding hydrogens is 444 g/mol. The number of ether oxygens (including phenoxy) is 1. The number of rotatable bonds is 8. The van der Waals surface area contributed by atoms with Crippen molar-refractivity contribution in [1.29, 1.82) is 0 Å². The largest absolute Gasteiger partial charge is 0.481 e. The van der Waals surface area contributed by atoms with Gasteiger partial charge in [-0.2, -0.15) is 0 Å². The number of benzene rings is 2. The van der Waals surface area contributed by atoms with Crippen molar-refractivity contribution in [1.82, 2.24) is 10.2 Å². The Kier molecular flexibility index (Phi) is 7.73. The Morgan fingerprint density at radius 3 is 2.34 bits per heavy atom. The number of hydrogen-bond acceptors (Lipinski definition) is 4.